The maximum atomic E-state index is 11.4. The number of nitrogens with one attached hydrogen (secondary N) is 1. The van der Waals surface area contributed by atoms with Crippen LogP contribution in [0, 0.1) is 5.92 Å². The first-order valence-corrected chi connectivity index (χ1v) is 6.79. The molecule has 1 aromatic heterocycles. The number of furan rings is 1. The molecule has 0 radical (unpaired) electrons. The lowest BCUT2D eigenvalue weighted by Crippen LogP contribution is -2.18. The van der Waals surface area contributed by atoms with Gasteiger partial charge in [-0.25, -0.2) is 5.43 Å². The molecule has 2 aromatic rings. The van der Waals surface area contributed by atoms with E-state index in [1.54, 1.807) is 6.07 Å². The topological polar surface area (TPSA) is 54.6 Å². The second-order valence-electron chi connectivity index (χ2n) is 4.72. The predicted molar refractivity (Wildman–Crippen MR) is 77.6 cm³/mol. The molecule has 0 spiro atoms. The molecular weight excluding hydrogens is 276 g/mol. The molecular formula is C15H13ClN2O2. The molecule has 1 saturated carbocycles. The van der Waals surface area contributed by atoms with Gasteiger partial charge in [0, 0.05) is 16.5 Å². The third-order valence-corrected chi connectivity index (χ3v) is 3.32. The van der Waals surface area contributed by atoms with Crippen molar-refractivity contribution < 1.29 is 9.21 Å². The molecule has 0 aliphatic heterocycles. The molecule has 1 amide bonds. The van der Waals surface area contributed by atoms with Gasteiger partial charge in [-0.15, -0.1) is 0 Å². The summed E-state index contributed by atoms with van der Waals surface area (Å²) in [4.78, 5) is 11.4. The first-order chi connectivity index (χ1) is 9.72. The van der Waals surface area contributed by atoms with Crippen molar-refractivity contribution in [2.24, 2.45) is 11.0 Å². The van der Waals surface area contributed by atoms with Gasteiger partial charge in [0.1, 0.15) is 11.5 Å². The summed E-state index contributed by atoms with van der Waals surface area (Å²) in [6.07, 6.45) is 3.42. The molecule has 5 heteroatoms. The van der Waals surface area contributed by atoms with Crippen LogP contribution in [-0.4, -0.2) is 12.1 Å². The molecule has 20 heavy (non-hydrogen) atoms. The SMILES string of the molecule is O=C(NN=Cc1ccc(-c2ccc(Cl)cc2)o1)C1CC1. The molecule has 0 unspecified atom stereocenters. The van der Waals surface area contributed by atoms with Crippen LogP contribution in [-0.2, 0) is 4.79 Å². The highest BCUT2D eigenvalue weighted by atomic mass is 35.5. The van der Waals surface area contributed by atoms with Crippen LogP contribution >= 0.6 is 11.6 Å². The van der Waals surface area contributed by atoms with Gasteiger partial charge in [0.05, 0.1) is 6.21 Å². The summed E-state index contributed by atoms with van der Waals surface area (Å²) in [5.74, 6) is 1.45. The Balaban J connectivity index is 1.65. The zero-order valence-corrected chi connectivity index (χ0v) is 11.4. The predicted octanol–water partition coefficient (Wildman–Crippen LogP) is 3.46. The average Bonchev–Trinajstić information content (AvgIpc) is 3.20. The summed E-state index contributed by atoms with van der Waals surface area (Å²) in [6, 6.07) is 11.0. The highest BCUT2D eigenvalue weighted by Crippen LogP contribution is 2.28. The number of carbonyl (C=O) groups excluding carboxylic acids is 1. The van der Waals surface area contributed by atoms with Gasteiger partial charge in [0.15, 0.2) is 0 Å². The zero-order valence-electron chi connectivity index (χ0n) is 10.7. The van der Waals surface area contributed by atoms with E-state index in [1.807, 2.05) is 30.3 Å². The highest BCUT2D eigenvalue weighted by molar-refractivity contribution is 6.30. The lowest BCUT2D eigenvalue weighted by molar-refractivity contribution is -0.122. The molecule has 1 N–H and O–H groups in total. The van der Waals surface area contributed by atoms with E-state index in [-0.39, 0.29) is 11.8 Å². The molecule has 1 aromatic carbocycles. The molecule has 0 atom stereocenters. The third-order valence-electron chi connectivity index (χ3n) is 3.07. The van der Waals surface area contributed by atoms with E-state index >= 15 is 0 Å². The van der Waals surface area contributed by atoms with Crippen LogP contribution in [0.4, 0.5) is 0 Å². The Morgan fingerprint density at radius 2 is 2.00 bits per heavy atom. The Labute approximate surface area is 121 Å². The van der Waals surface area contributed by atoms with Crippen molar-refractivity contribution in [3.05, 3.63) is 47.2 Å². The maximum absolute atomic E-state index is 11.4. The smallest absolute Gasteiger partial charge is 0.243 e. The lowest BCUT2D eigenvalue weighted by atomic mass is 10.2. The van der Waals surface area contributed by atoms with Crippen LogP contribution in [0.25, 0.3) is 11.3 Å². The molecule has 1 aliphatic carbocycles. The van der Waals surface area contributed by atoms with Crippen LogP contribution in [0.3, 0.4) is 0 Å². The lowest BCUT2D eigenvalue weighted by Gasteiger charge is -1.96. The van der Waals surface area contributed by atoms with Crippen molar-refractivity contribution in [2.45, 2.75) is 12.8 Å². The number of nitrogens with zero attached hydrogens (tertiary/aromatic N) is 1. The van der Waals surface area contributed by atoms with Gasteiger partial charge >= 0.3 is 0 Å². The van der Waals surface area contributed by atoms with Crippen molar-refractivity contribution >= 4 is 23.7 Å². The van der Waals surface area contributed by atoms with E-state index in [4.69, 9.17) is 16.0 Å². The van der Waals surface area contributed by atoms with Gasteiger partial charge in [-0.05, 0) is 49.2 Å². The molecule has 3 rings (SSSR count). The van der Waals surface area contributed by atoms with Crippen LogP contribution in [0.5, 0.6) is 0 Å². The highest BCUT2D eigenvalue weighted by Gasteiger charge is 2.29. The summed E-state index contributed by atoms with van der Waals surface area (Å²) < 4.78 is 5.62. The zero-order chi connectivity index (χ0) is 13.9. The Hall–Kier alpha value is -2.07. The minimum Gasteiger partial charge on any atom is -0.455 e. The first kappa shape index (κ1) is 12.9. The number of halogens is 1. The number of hydrogen-bond donors (Lipinski definition) is 1. The van der Waals surface area contributed by atoms with Gasteiger partial charge in [0.25, 0.3) is 0 Å². The average molecular weight is 289 g/mol. The summed E-state index contributed by atoms with van der Waals surface area (Å²) in [7, 11) is 0. The minimum absolute atomic E-state index is 0.0225. The normalized spacial score (nSPS) is 14.7. The Morgan fingerprint density at radius 3 is 2.70 bits per heavy atom. The molecule has 1 heterocycles. The van der Waals surface area contributed by atoms with E-state index in [0.717, 1.165) is 24.2 Å². The van der Waals surface area contributed by atoms with Gasteiger partial charge in [-0.3, -0.25) is 4.79 Å². The van der Waals surface area contributed by atoms with E-state index in [1.165, 1.54) is 6.21 Å². The number of amides is 1. The number of benzene rings is 1. The van der Waals surface area contributed by atoms with Gasteiger partial charge in [-0.1, -0.05) is 11.6 Å². The van der Waals surface area contributed by atoms with E-state index in [0.29, 0.717) is 10.8 Å². The van der Waals surface area contributed by atoms with E-state index in [2.05, 4.69) is 10.5 Å². The molecule has 0 saturated heterocycles. The molecule has 1 fully saturated rings. The van der Waals surface area contributed by atoms with Gasteiger partial charge < -0.3 is 4.42 Å². The third kappa shape index (κ3) is 3.08. The van der Waals surface area contributed by atoms with Crippen molar-refractivity contribution in [1.82, 2.24) is 5.43 Å². The van der Waals surface area contributed by atoms with E-state index < -0.39 is 0 Å². The Bertz CT molecular complexity index is 642. The van der Waals surface area contributed by atoms with Crippen molar-refractivity contribution in [2.75, 3.05) is 0 Å². The largest absolute Gasteiger partial charge is 0.455 e. The van der Waals surface area contributed by atoms with Crippen LogP contribution in [0.2, 0.25) is 5.02 Å². The monoisotopic (exact) mass is 288 g/mol. The molecule has 4 nitrogen and oxygen atoms in total. The number of rotatable bonds is 4. The first-order valence-electron chi connectivity index (χ1n) is 6.41. The molecule has 1 aliphatic rings. The number of carbonyl (C=O) groups is 1. The summed E-state index contributed by atoms with van der Waals surface area (Å²) in [5.41, 5.74) is 3.44. The fraction of sp³-hybridized carbons (Fsp3) is 0.200. The summed E-state index contributed by atoms with van der Waals surface area (Å²) in [6.45, 7) is 0. The van der Waals surface area contributed by atoms with Crippen LogP contribution in [0.15, 0.2) is 45.9 Å². The second-order valence-corrected chi connectivity index (χ2v) is 5.15. The fourth-order valence-electron chi connectivity index (χ4n) is 1.79. The molecule has 102 valence electrons. The Morgan fingerprint density at radius 1 is 1.25 bits per heavy atom. The second kappa shape index (κ2) is 5.51. The molecule has 0 bridgehead atoms. The fourth-order valence-corrected chi connectivity index (χ4v) is 1.91. The number of hydrogen-bond acceptors (Lipinski definition) is 3. The Kier molecular flexibility index (Phi) is 3.56. The quantitative estimate of drug-likeness (QED) is 0.692. The van der Waals surface area contributed by atoms with Crippen LogP contribution < -0.4 is 5.43 Å². The van der Waals surface area contributed by atoms with Crippen LogP contribution in [0.1, 0.15) is 18.6 Å². The minimum atomic E-state index is -0.0225. The van der Waals surface area contributed by atoms with Gasteiger partial charge in [0.2, 0.25) is 5.91 Å². The maximum Gasteiger partial charge on any atom is 0.243 e. The summed E-state index contributed by atoms with van der Waals surface area (Å²) >= 11 is 5.84. The van der Waals surface area contributed by atoms with Crippen molar-refractivity contribution in [3.8, 4) is 11.3 Å². The van der Waals surface area contributed by atoms with E-state index in [9.17, 15) is 4.79 Å². The number of hydrazone groups is 1. The summed E-state index contributed by atoms with van der Waals surface area (Å²) in [5, 5.41) is 4.57. The van der Waals surface area contributed by atoms with Crippen molar-refractivity contribution in [1.29, 1.82) is 0 Å². The standard InChI is InChI=1S/C15H13ClN2O2/c16-12-5-3-10(4-6-12)14-8-7-13(20-14)9-17-18-15(19)11-1-2-11/h3-9,11H,1-2H2,(H,18,19). The van der Waals surface area contributed by atoms with Gasteiger partial charge in [-0.2, -0.15) is 5.10 Å². The van der Waals surface area contributed by atoms with Crippen molar-refractivity contribution in [3.63, 3.8) is 0 Å².